The van der Waals surface area contributed by atoms with Gasteiger partial charge in [-0.3, -0.25) is 0 Å². The molecule has 1 N–H and O–H groups in total. The lowest BCUT2D eigenvalue weighted by Crippen LogP contribution is -2.25. The van der Waals surface area contributed by atoms with Gasteiger partial charge in [0.25, 0.3) is 0 Å². The Bertz CT molecular complexity index is 329. The number of thioether (sulfide) groups is 1. The molecule has 120 valence electrons. The highest BCUT2D eigenvalue weighted by molar-refractivity contribution is 7.98. The van der Waals surface area contributed by atoms with Crippen LogP contribution in [0.4, 0.5) is 0 Å². The van der Waals surface area contributed by atoms with E-state index in [0.717, 1.165) is 18.8 Å². The smallest absolute Gasteiger partial charge is 0.0184 e. The van der Waals surface area contributed by atoms with Gasteiger partial charge in [-0.05, 0) is 63.8 Å². The molecule has 21 heavy (non-hydrogen) atoms. The SMILES string of the molecule is CCCCN(C)CCCNCCCSCc1ccccc1. The van der Waals surface area contributed by atoms with Crippen LogP contribution in [0.1, 0.15) is 38.2 Å². The minimum atomic E-state index is 1.14. The third kappa shape index (κ3) is 10.8. The van der Waals surface area contributed by atoms with Gasteiger partial charge in [-0.1, -0.05) is 43.7 Å². The van der Waals surface area contributed by atoms with Crippen LogP contribution < -0.4 is 5.32 Å². The molecule has 0 spiro atoms. The third-order valence-corrected chi connectivity index (χ3v) is 4.66. The Morgan fingerprint density at radius 2 is 1.71 bits per heavy atom. The normalized spacial score (nSPS) is 11.2. The number of rotatable bonds is 13. The fraction of sp³-hybridized carbons (Fsp3) is 0.667. The second kappa shape index (κ2) is 13.2. The number of hydrogen-bond acceptors (Lipinski definition) is 3. The van der Waals surface area contributed by atoms with E-state index in [-0.39, 0.29) is 0 Å². The molecule has 0 fully saturated rings. The highest BCUT2D eigenvalue weighted by atomic mass is 32.2. The molecule has 1 aromatic carbocycles. The number of nitrogens with zero attached hydrogens (tertiary/aromatic N) is 1. The van der Waals surface area contributed by atoms with E-state index in [4.69, 9.17) is 0 Å². The van der Waals surface area contributed by atoms with Gasteiger partial charge in [-0.2, -0.15) is 11.8 Å². The van der Waals surface area contributed by atoms with Gasteiger partial charge in [-0.25, -0.2) is 0 Å². The Balaban J connectivity index is 1.82. The lowest BCUT2D eigenvalue weighted by atomic mass is 10.2. The van der Waals surface area contributed by atoms with Crippen molar-refractivity contribution in [2.75, 3.05) is 39.0 Å². The van der Waals surface area contributed by atoms with Crippen LogP contribution in [0.3, 0.4) is 0 Å². The van der Waals surface area contributed by atoms with Gasteiger partial charge < -0.3 is 10.2 Å². The van der Waals surface area contributed by atoms with Crippen molar-refractivity contribution in [3.63, 3.8) is 0 Å². The van der Waals surface area contributed by atoms with Gasteiger partial charge in [0, 0.05) is 5.75 Å². The van der Waals surface area contributed by atoms with Crippen LogP contribution in [-0.4, -0.2) is 43.9 Å². The molecule has 0 aliphatic carbocycles. The van der Waals surface area contributed by atoms with E-state index in [1.165, 1.54) is 50.1 Å². The maximum atomic E-state index is 3.56. The molecule has 0 saturated heterocycles. The van der Waals surface area contributed by atoms with Gasteiger partial charge in [0.1, 0.15) is 0 Å². The van der Waals surface area contributed by atoms with Crippen LogP contribution in [0.2, 0.25) is 0 Å². The molecule has 3 heteroatoms. The van der Waals surface area contributed by atoms with Crippen molar-refractivity contribution in [2.45, 2.75) is 38.4 Å². The lowest BCUT2D eigenvalue weighted by molar-refractivity contribution is 0.321. The second-order valence-electron chi connectivity index (χ2n) is 5.65. The molecule has 2 nitrogen and oxygen atoms in total. The Morgan fingerprint density at radius 3 is 2.48 bits per heavy atom. The first-order valence-corrected chi connectivity index (χ1v) is 9.49. The predicted molar refractivity (Wildman–Crippen MR) is 97.1 cm³/mol. The summed E-state index contributed by atoms with van der Waals surface area (Å²) in [7, 11) is 2.23. The standard InChI is InChI=1S/C18H32N2S/c1-3-4-14-20(2)15-8-12-19-13-9-16-21-17-18-10-6-5-7-11-18/h5-7,10-11,19H,3-4,8-9,12-17H2,1-2H3. The zero-order valence-electron chi connectivity index (χ0n) is 13.8. The first-order valence-electron chi connectivity index (χ1n) is 8.34. The molecular formula is C18H32N2S. The lowest BCUT2D eigenvalue weighted by Gasteiger charge is -2.15. The summed E-state index contributed by atoms with van der Waals surface area (Å²) < 4.78 is 0. The van der Waals surface area contributed by atoms with Crippen molar-refractivity contribution in [1.29, 1.82) is 0 Å². The van der Waals surface area contributed by atoms with Crippen LogP contribution >= 0.6 is 11.8 Å². The van der Waals surface area contributed by atoms with E-state index >= 15 is 0 Å². The summed E-state index contributed by atoms with van der Waals surface area (Å²) in [5, 5.41) is 3.56. The van der Waals surface area contributed by atoms with Gasteiger partial charge in [0.05, 0.1) is 0 Å². The minimum Gasteiger partial charge on any atom is -0.317 e. The predicted octanol–water partition coefficient (Wildman–Crippen LogP) is 4.02. The Labute approximate surface area is 135 Å². The van der Waals surface area contributed by atoms with E-state index in [2.05, 4.69) is 54.5 Å². The van der Waals surface area contributed by atoms with E-state index in [0.29, 0.717) is 0 Å². The highest BCUT2D eigenvalue weighted by Gasteiger charge is 1.97. The summed E-state index contributed by atoms with van der Waals surface area (Å²) in [6.45, 7) is 7.02. The summed E-state index contributed by atoms with van der Waals surface area (Å²) in [5.74, 6) is 2.39. The van der Waals surface area contributed by atoms with Gasteiger partial charge in [-0.15, -0.1) is 0 Å². The van der Waals surface area contributed by atoms with Gasteiger partial charge >= 0.3 is 0 Å². The Hall–Kier alpha value is -0.510. The fourth-order valence-corrected chi connectivity index (χ4v) is 3.12. The first kappa shape index (κ1) is 18.5. The molecule has 0 aromatic heterocycles. The number of benzene rings is 1. The van der Waals surface area contributed by atoms with Crippen molar-refractivity contribution in [2.24, 2.45) is 0 Å². The highest BCUT2D eigenvalue weighted by Crippen LogP contribution is 2.12. The first-order chi connectivity index (χ1) is 10.3. The Kier molecular flexibility index (Phi) is 11.6. The molecule has 0 amide bonds. The van der Waals surface area contributed by atoms with Crippen molar-refractivity contribution in [3.05, 3.63) is 35.9 Å². The van der Waals surface area contributed by atoms with Crippen LogP contribution in [-0.2, 0) is 5.75 Å². The van der Waals surface area contributed by atoms with E-state index in [1.54, 1.807) is 0 Å². The summed E-state index contributed by atoms with van der Waals surface area (Å²) in [4.78, 5) is 2.45. The number of hydrogen-bond donors (Lipinski definition) is 1. The summed E-state index contributed by atoms with van der Waals surface area (Å²) in [6.07, 6.45) is 5.15. The average molecular weight is 309 g/mol. The van der Waals surface area contributed by atoms with E-state index in [9.17, 15) is 0 Å². The molecule has 1 aromatic rings. The van der Waals surface area contributed by atoms with Crippen LogP contribution in [0.15, 0.2) is 30.3 Å². The molecule has 0 aliphatic heterocycles. The van der Waals surface area contributed by atoms with E-state index < -0.39 is 0 Å². The van der Waals surface area contributed by atoms with Gasteiger partial charge in [0.15, 0.2) is 0 Å². The number of nitrogens with one attached hydrogen (secondary N) is 1. The molecule has 0 saturated carbocycles. The molecule has 0 heterocycles. The van der Waals surface area contributed by atoms with Crippen molar-refractivity contribution < 1.29 is 0 Å². The number of unbranched alkanes of at least 4 members (excludes halogenated alkanes) is 1. The maximum absolute atomic E-state index is 3.56. The zero-order valence-corrected chi connectivity index (χ0v) is 14.6. The van der Waals surface area contributed by atoms with Crippen molar-refractivity contribution in [1.82, 2.24) is 10.2 Å². The summed E-state index contributed by atoms with van der Waals surface area (Å²) in [5.41, 5.74) is 1.44. The van der Waals surface area contributed by atoms with Crippen molar-refractivity contribution in [3.8, 4) is 0 Å². The zero-order chi connectivity index (χ0) is 15.2. The minimum absolute atomic E-state index is 1.14. The van der Waals surface area contributed by atoms with Gasteiger partial charge in [0.2, 0.25) is 0 Å². The largest absolute Gasteiger partial charge is 0.317 e. The quantitative estimate of drug-likeness (QED) is 0.554. The fourth-order valence-electron chi connectivity index (χ4n) is 2.20. The summed E-state index contributed by atoms with van der Waals surface area (Å²) >= 11 is 2.04. The van der Waals surface area contributed by atoms with Crippen LogP contribution in [0.25, 0.3) is 0 Å². The topological polar surface area (TPSA) is 15.3 Å². The van der Waals surface area contributed by atoms with Crippen LogP contribution in [0.5, 0.6) is 0 Å². The second-order valence-corrected chi connectivity index (χ2v) is 6.76. The molecule has 0 bridgehead atoms. The van der Waals surface area contributed by atoms with Crippen LogP contribution in [0, 0.1) is 0 Å². The monoisotopic (exact) mass is 308 g/mol. The van der Waals surface area contributed by atoms with E-state index in [1.807, 2.05) is 11.8 Å². The molecular weight excluding hydrogens is 276 g/mol. The van der Waals surface area contributed by atoms with Crippen molar-refractivity contribution >= 4 is 11.8 Å². The average Bonchev–Trinajstić information content (AvgIpc) is 2.52. The maximum Gasteiger partial charge on any atom is 0.0184 e. The molecule has 0 radical (unpaired) electrons. The Morgan fingerprint density at radius 1 is 1.00 bits per heavy atom. The summed E-state index contributed by atoms with van der Waals surface area (Å²) in [6, 6.07) is 10.7. The molecule has 0 unspecified atom stereocenters. The molecule has 1 rings (SSSR count). The molecule has 0 aliphatic rings. The molecule has 0 atom stereocenters. The third-order valence-electron chi connectivity index (χ3n) is 3.54.